The van der Waals surface area contributed by atoms with Crippen molar-refractivity contribution in [2.75, 3.05) is 5.73 Å². The minimum atomic E-state index is 0.525. The number of halogens is 1. The molecule has 5 heteroatoms. The van der Waals surface area contributed by atoms with Gasteiger partial charge >= 0.3 is 0 Å². The Labute approximate surface area is 102 Å². The van der Waals surface area contributed by atoms with Gasteiger partial charge in [0.2, 0.25) is 0 Å². The van der Waals surface area contributed by atoms with Crippen molar-refractivity contribution < 1.29 is 4.42 Å². The number of H-pyrrole nitrogens is 1. The van der Waals surface area contributed by atoms with Gasteiger partial charge in [-0.2, -0.15) is 5.10 Å². The smallest absolute Gasteiger partial charge is 0.169 e. The molecule has 0 spiro atoms. The number of nitrogens with two attached hydrogens (primary N) is 1. The summed E-state index contributed by atoms with van der Waals surface area (Å²) in [6, 6.07) is 3.74. The van der Waals surface area contributed by atoms with Crippen LogP contribution in [0, 0.1) is 5.92 Å². The lowest BCUT2D eigenvalue weighted by atomic mass is 10.0. The van der Waals surface area contributed by atoms with E-state index in [1.165, 1.54) is 0 Å². The molecular formula is C11H14BrN3O. The first-order chi connectivity index (χ1) is 7.58. The molecule has 0 saturated heterocycles. The Balaban J connectivity index is 2.41. The molecule has 0 unspecified atom stereocenters. The SMILES string of the molecule is CC(C)Cc1c(N)n[nH]c1-c1ccc(Br)o1. The summed E-state index contributed by atoms with van der Waals surface area (Å²) in [5.74, 6) is 1.83. The number of rotatable bonds is 3. The minimum absolute atomic E-state index is 0.525. The Morgan fingerprint density at radius 1 is 1.50 bits per heavy atom. The quantitative estimate of drug-likeness (QED) is 0.909. The molecule has 0 aromatic carbocycles. The van der Waals surface area contributed by atoms with Gasteiger partial charge in [-0.15, -0.1) is 0 Å². The van der Waals surface area contributed by atoms with Gasteiger partial charge in [-0.1, -0.05) is 13.8 Å². The van der Waals surface area contributed by atoms with Crippen LogP contribution in [-0.4, -0.2) is 10.2 Å². The average molecular weight is 284 g/mol. The summed E-state index contributed by atoms with van der Waals surface area (Å²) in [7, 11) is 0. The van der Waals surface area contributed by atoms with Crippen molar-refractivity contribution in [2.24, 2.45) is 5.92 Å². The maximum atomic E-state index is 5.84. The predicted molar refractivity (Wildman–Crippen MR) is 66.9 cm³/mol. The summed E-state index contributed by atoms with van der Waals surface area (Å²) in [5, 5.41) is 6.95. The van der Waals surface area contributed by atoms with Crippen LogP contribution >= 0.6 is 15.9 Å². The lowest BCUT2D eigenvalue weighted by molar-refractivity contribution is 0.551. The first-order valence-corrected chi connectivity index (χ1v) is 5.95. The molecule has 2 heterocycles. The lowest BCUT2D eigenvalue weighted by Gasteiger charge is -2.04. The molecule has 16 heavy (non-hydrogen) atoms. The Bertz CT molecular complexity index is 487. The number of anilines is 1. The van der Waals surface area contributed by atoms with Crippen molar-refractivity contribution >= 4 is 21.7 Å². The fourth-order valence-electron chi connectivity index (χ4n) is 1.65. The molecule has 2 rings (SSSR count). The Hall–Kier alpha value is -1.23. The van der Waals surface area contributed by atoms with Crippen LogP contribution in [0.3, 0.4) is 0 Å². The second-order valence-corrected chi connectivity index (χ2v) is 4.95. The van der Waals surface area contributed by atoms with E-state index in [1.54, 1.807) is 0 Å². The van der Waals surface area contributed by atoms with Crippen molar-refractivity contribution in [3.8, 4) is 11.5 Å². The summed E-state index contributed by atoms with van der Waals surface area (Å²) in [6.07, 6.45) is 0.885. The highest BCUT2D eigenvalue weighted by Crippen LogP contribution is 2.30. The highest BCUT2D eigenvalue weighted by molar-refractivity contribution is 9.10. The highest BCUT2D eigenvalue weighted by Gasteiger charge is 2.16. The number of furan rings is 1. The first kappa shape index (κ1) is 11.3. The minimum Gasteiger partial charge on any atom is -0.448 e. The fraction of sp³-hybridized carbons (Fsp3) is 0.364. The second-order valence-electron chi connectivity index (χ2n) is 4.16. The fourth-order valence-corrected chi connectivity index (χ4v) is 1.95. The number of hydrogen-bond donors (Lipinski definition) is 2. The van der Waals surface area contributed by atoms with Crippen LogP contribution in [0.25, 0.3) is 11.5 Å². The van der Waals surface area contributed by atoms with Crippen LogP contribution in [0.15, 0.2) is 21.2 Å². The van der Waals surface area contributed by atoms with Gasteiger partial charge in [-0.05, 0) is 40.4 Å². The number of nitrogen functional groups attached to an aromatic ring is 1. The molecule has 4 nitrogen and oxygen atoms in total. The van der Waals surface area contributed by atoms with Crippen LogP contribution in [0.2, 0.25) is 0 Å². The van der Waals surface area contributed by atoms with Gasteiger partial charge in [0.1, 0.15) is 11.5 Å². The summed E-state index contributed by atoms with van der Waals surface area (Å²) in [5.41, 5.74) is 7.74. The van der Waals surface area contributed by atoms with Crippen LogP contribution in [0.1, 0.15) is 19.4 Å². The molecule has 0 atom stereocenters. The topological polar surface area (TPSA) is 67.8 Å². The van der Waals surface area contributed by atoms with Crippen molar-refractivity contribution in [1.29, 1.82) is 0 Å². The van der Waals surface area contributed by atoms with E-state index < -0.39 is 0 Å². The van der Waals surface area contributed by atoms with Crippen molar-refractivity contribution in [2.45, 2.75) is 20.3 Å². The zero-order valence-electron chi connectivity index (χ0n) is 9.25. The van der Waals surface area contributed by atoms with Crippen molar-refractivity contribution in [1.82, 2.24) is 10.2 Å². The van der Waals surface area contributed by atoms with E-state index in [9.17, 15) is 0 Å². The van der Waals surface area contributed by atoms with Gasteiger partial charge in [0.15, 0.2) is 10.4 Å². The highest BCUT2D eigenvalue weighted by atomic mass is 79.9. The molecule has 2 aromatic rings. The van der Waals surface area contributed by atoms with E-state index in [0.717, 1.165) is 23.4 Å². The molecule has 0 radical (unpaired) electrons. The van der Waals surface area contributed by atoms with Gasteiger partial charge in [-0.3, -0.25) is 5.10 Å². The maximum Gasteiger partial charge on any atom is 0.169 e. The maximum absolute atomic E-state index is 5.84. The van der Waals surface area contributed by atoms with Crippen LogP contribution in [0.5, 0.6) is 0 Å². The molecule has 0 fully saturated rings. The monoisotopic (exact) mass is 283 g/mol. The number of hydrogen-bond acceptors (Lipinski definition) is 3. The summed E-state index contributed by atoms with van der Waals surface area (Å²) < 4.78 is 6.20. The van der Waals surface area contributed by atoms with Crippen molar-refractivity contribution in [3.05, 3.63) is 22.4 Å². The average Bonchev–Trinajstić information content (AvgIpc) is 2.75. The summed E-state index contributed by atoms with van der Waals surface area (Å²) in [4.78, 5) is 0. The molecule has 86 valence electrons. The van der Waals surface area contributed by atoms with Crippen molar-refractivity contribution in [3.63, 3.8) is 0 Å². The molecule has 0 aliphatic rings. The molecule has 0 aliphatic heterocycles. The second kappa shape index (κ2) is 4.33. The zero-order valence-corrected chi connectivity index (χ0v) is 10.8. The van der Waals surface area contributed by atoms with Gasteiger partial charge in [0, 0.05) is 5.56 Å². The number of nitrogens with zero attached hydrogens (tertiary/aromatic N) is 1. The number of aromatic amines is 1. The Kier molecular flexibility index (Phi) is 3.05. The van der Waals surface area contributed by atoms with E-state index in [0.29, 0.717) is 16.4 Å². The first-order valence-electron chi connectivity index (χ1n) is 5.16. The number of aromatic nitrogens is 2. The Morgan fingerprint density at radius 2 is 2.25 bits per heavy atom. The van der Waals surface area contributed by atoms with Crippen LogP contribution in [0.4, 0.5) is 5.82 Å². The van der Waals surface area contributed by atoms with Crippen LogP contribution in [-0.2, 0) is 6.42 Å². The molecule has 0 saturated carbocycles. The zero-order chi connectivity index (χ0) is 11.7. The largest absolute Gasteiger partial charge is 0.448 e. The third-order valence-corrected chi connectivity index (χ3v) is 2.76. The van der Waals surface area contributed by atoms with E-state index in [-0.39, 0.29) is 0 Å². The molecular weight excluding hydrogens is 270 g/mol. The molecule has 0 amide bonds. The van der Waals surface area contributed by atoms with E-state index in [4.69, 9.17) is 10.2 Å². The van der Waals surface area contributed by atoms with Gasteiger partial charge < -0.3 is 10.2 Å². The Morgan fingerprint density at radius 3 is 2.81 bits per heavy atom. The van der Waals surface area contributed by atoms with Gasteiger partial charge in [-0.25, -0.2) is 0 Å². The lowest BCUT2D eigenvalue weighted by Crippen LogP contribution is -1.98. The molecule has 0 aliphatic carbocycles. The van der Waals surface area contributed by atoms with E-state index in [1.807, 2.05) is 12.1 Å². The van der Waals surface area contributed by atoms with Crippen LogP contribution < -0.4 is 5.73 Å². The molecule has 2 aromatic heterocycles. The summed E-state index contributed by atoms with van der Waals surface area (Å²) >= 11 is 3.28. The standard InChI is InChI=1S/C11H14BrN3O/c1-6(2)5-7-10(14-15-11(7)13)8-3-4-9(12)16-8/h3-4,6H,5H2,1-2H3,(H3,13,14,15). The van der Waals surface area contributed by atoms with Gasteiger partial charge in [0.25, 0.3) is 0 Å². The third-order valence-electron chi connectivity index (χ3n) is 2.33. The normalized spacial score (nSPS) is 11.2. The molecule has 0 bridgehead atoms. The van der Waals surface area contributed by atoms with E-state index >= 15 is 0 Å². The predicted octanol–water partition coefficient (Wildman–Crippen LogP) is 3.21. The van der Waals surface area contributed by atoms with E-state index in [2.05, 4.69) is 40.0 Å². The third kappa shape index (κ3) is 2.14. The molecule has 3 N–H and O–H groups in total. The van der Waals surface area contributed by atoms with Gasteiger partial charge in [0.05, 0.1) is 0 Å². The number of nitrogens with one attached hydrogen (secondary N) is 1. The summed E-state index contributed by atoms with van der Waals surface area (Å²) in [6.45, 7) is 4.29.